The minimum Gasteiger partial charge on any atom is -0.496 e. The second kappa shape index (κ2) is 11.1. The first-order valence-electron chi connectivity index (χ1n) is 9.08. The van der Waals surface area contributed by atoms with Crippen LogP contribution in [0.2, 0.25) is 0 Å². The van der Waals surface area contributed by atoms with Gasteiger partial charge in [-0.25, -0.2) is 9.59 Å². The number of nitro groups is 1. The van der Waals surface area contributed by atoms with Crippen molar-refractivity contribution in [2.24, 2.45) is 0 Å². The van der Waals surface area contributed by atoms with Gasteiger partial charge >= 0.3 is 12.1 Å². The number of ether oxygens (including phenoxy) is 2. The molecule has 0 aliphatic rings. The van der Waals surface area contributed by atoms with Crippen molar-refractivity contribution in [3.63, 3.8) is 0 Å². The Morgan fingerprint density at radius 2 is 1.87 bits per heavy atom. The van der Waals surface area contributed by atoms with E-state index in [2.05, 4.69) is 10.6 Å². The predicted molar refractivity (Wildman–Crippen MR) is 108 cm³/mol. The van der Waals surface area contributed by atoms with Crippen molar-refractivity contribution < 1.29 is 33.9 Å². The number of methoxy groups -OCH3 is 1. The summed E-state index contributed by atoms with van der Waals surface area (Å²) in [7, 11) is 1.34. The third-order valence-corrected chi connectivity index (χ3v) is 4.14. The Morgan fingerprint density at radius 3 is 2.48 bits per heavy atom. The second-order valence-corrected chi connectivity index (χ2v) is 6.33. The van der Waals surface area contributed by atoms with Gasteiger partial charge in [-0.3, -0.25) is 14.9 Å². The van der Waals surface area contributed by atoms with Gasteiger partial charge in [0, 0.05) is 24.1 Å². The zero-order valence-corrected chi connectivity index (χ0v) is 16.6. The number of alkyl carbamates (subject to hydrolysis) is 1. The molecule has 0 fully saturated rings. The van der Waals surface area contributed by atoms with Gasteiger partial charge < -0.3 is 25.2 Å². The van der Waals surface area contributed by atoms with Crippen LogP contribution in [0.3, 0.4) is 0 Å². The molecule has 31 heavy (non-hydrogen) atoms. The number of aliphatic carboxylic acids is 1. The van der Waals surface area contributed by atoms with E-state index in [1.54, 1.807) is 24.3 Å². The van der Waals surface area contributed by atoms with Gasteiger partial charge in [0.15, 0.2) is 0 Å². The number of hydrogen-bond acceptors (Lipinski definition) is 7. The Morgan fingerprint density at radius 1 is 1.16 bits per heavy atom. The Balaban J connectivity index is 1.92. The van der Waals surface area contributed by atoms with Crippen LogP contribution in [0.4, 0.5) is 10.5 Å². The zero-order chi connectivity index (χ0) is 22.8. The van der Waals surface area contributed by atoms with Gasteiger partial charge in [0.05, 0.1) is 12.0 Å². The number of carbonyl (C=O) groups excluding carboxylic acids is 2. The Bertz CT molecular complexity index is 949. The average molecular weight is 431 g/mol. The Hall–Kier alpha value is -4.15. The summed E-state index contributed by atoms with van der Waals surface area (Å²) in [5.41, 5.74) is 0.757. The number of carbonyl (C=O) groups is 3. The SMILES string of the molecule is COc1ccc([N+](=O)[O-])cc1C[C@@H](NC(=O)CNC(=O)OCc1ccccc1)C(=O)O. The fourth-order valence-electron chi connectivity index (χ4n) is 2.63. The van der Waals surface area contributed by atoms with Crippen molar-refractivity contribution in [1.82, 2.24) is 10.6 Å². The van der Waals surface area contributed by atoms with Crippen LogP contribution in [-0.4, -0.2) is 47.7 Å². The highest BCUT2D eigenvalue weighted by Gasteiger charge is 2.23. The molecule has 0 heterocycles. The number of rotatable bonds is 10. The molecule has 0 aliphatic carbocycles. The van der Waals surface area contributed by atoms with Crippen molar-refractivity contribution in [1.29, 1.82) is 0 Å². The molecule has 3 N–H and O–H groups in total. The molecule has 164 valence electrons. The normalized spacial score (nSPS) is 11.1. The molecule has 2 aromatic carbocycles. The van der Waals surface area contributed by atoms with Gasteiger partial charge in [-0.05, 0) is 11.6 Å². The summed E-state index contributed by atoms with van der Waals surface area (Å²) in [6.07, 6.45) is -1.10. The first-order chi connectivity index (χ1) is 14.8. The number of nitrogens with zero attached hydrogens (tertiary/aromatic N) is 1. The second-order valence-electron chi connectivity index (χ2n) is 6.33. The highest BCUT2D eigenvalue weighted by molar-refractivity contribution is 5.86. The van der Waals surface area contributed by atoms with Crippen LogP contribution >= 0.6 is 0 Å². The standard InChI is InChI=1S/C20H21N3O8/c1-30-17-8-7-15(23(28)29)9-14(17)10-16(19(25)26)22-18(24)11-21-20(27)31-12-13-5-3-2-4-6-13/h2-9,16H,10-12H2,1H3,(H,21,27)(H,22,24)(H,25,26)/t16-/m1/s1. The number of hydrogen-bond donors (Lipinski definition) is 3. The molecule has 11 nitrogen and oxygen atoms in total. The number of amides is 2. The lowest BCUT2D eigenvalue weighted by molar-refractivity contribution is -0.384. The van der Waals surface area contributed by atoms with Crippen LogP contribution in [0.25, 0.3) is 0 Å². The monoisotopic (exact) mass is 431 g/mol. The summed E-state index contributed by atoms with van der Waals surface area (Å²) in [6.45, 7) is -0.498. The van der Waals surface area contributed by atoms with E-state index < -0.39 is 35.5 Å². The number of carboxylic acids is 1. The van der Waals surface area contributed by atoms with Crippen LogP contribution in [0.5, 0.6) is 5.75 Å². The fraction of sp³-hybridized carbons (Fsp3) is 0.250. The molecule has 0 radical (unpaired) electrons. The molecule has 11 heteroatoms. The molecule has 2 aromatic rings. The zero-order valence-electron chi connectivity index (χ0n) is 16.6. The first kappa shape index (κ1) is 23.1. The maximum atomic E-state index is 12.1. The van der Waals surface area contributed by atoms with E-state index in [4.69, 9.17) is 9.47 Å². The molecular formula is C20H21N3O8. The molecule has 0 spiro atoms. The summed E-state index contributed by atoms with van der Waals surface area (Å²) in [5.74, 6) is -1.88. The van der Waals surface area contributed by atoms with Gasteiger partial charge in [0.25, 0.3) is 5.69 Å². The topological polar surface area (TPSA) is 157 Å². The largest absolute Gasteiger partial charge is 0.496 e. The summed E-state index contributed by atoms with van der Waals surface area (Å²) in [5, 5.41) is 24.9. The summed E-state index contributed by atoms with van der Waals surface area (Å²) < 4.78 is 10.1. The summed E-state index contributed by atoms with van der Waals surface area (Å²) in [4.78, 5) is 45.7. The number of non-ortho nitro benzene ring substituents is 1. The third kappa shape index (κ3) is 7.31. The highest BCUT2D eigenvalue weighted by Crippen LogP contribution is 2.25. The highest BCUT2D eigenvalue weighted by atomic mass is 16.6. The van der Waals surface area contributed by atoms with E-state index >= 15 is 0 Å². The smallest absolute Gasteiger partial charge is 0.407 e. The van der Waals surface area contributed by atoms with Crippen LogP contribution in [0, 0.1) is 10.1 Å². The molecular weight excluding hydrogens is 410 g/mol. The van der Waals surface area contributed by atoms with Gasteiger partial charge in [-0.15, -0.1) is 0 Å². The van der Waals surface area contributed by atoms with Crippen LogP contribution in [-0.2, 0) is 27.4 Å². The maximum Gasteiger partial charge on any atom is 0.407 e. The van der Waals surface area contributed by atoms with Gasteiger partial charge in [-0.1, -0.05) is 30.3 Å². The predicted octanol–water partition coefficient (Wildman–Crippen LogP) is 1.64. The molecule has 0 bridgehead atoms. The third-order valence-electron chi connectivity index (χ3n) is 4.14. The van der Waals surface area contributed by atoms with Crippen molar-refractivity contribution in [2.75, 3.05) is 13.7 Å². The van der Waals surface area contributed by atoms with E-state index in [0.717, 1.165) is 5.56 Å². The minimum absolute atomic E-state index is 0.0125. The fourth-order valence-corrected chi connectivity index (χ4v) is 2.63. The number of carboxylic acid groups (broad SMARTS) is 1. The molecule has 0 saturated heterocycles. The van der Waals surface area contributed by atoms with Crippen LogP contribution in [0.15, 0.2) is 48.5 Å². The number of benzene rings is 2. The molecule has 1 atom stereocenters. The number of nitrogens with one attached hydrogen (secondary N) is 2. The lowest BCUT2D eigenvalue weighted by Gasteiger charge is -2.16. The van der Waals surface area contributed by atoms with Gasteiger partial charge in [0.1, 0.15) is 24.9 Å². The maximum absolute atomic E-state index is 12.1. The molecule has 0 unspecified atom stereocenters. The van der Waals surface area contributed by atoms with Crippen LogP contribution < -0.4 is 15.4 Å². The van der Waals surface area contributed by atoms with Crippen molar-refractivity contribution in [3.05, 3.63) is 69.8 Å². The minimum atomic E-state index is -1.40. The molecule has 0 aromatic heterocycles. The lowest BCUT2D eigenvalue weighted by atomic mass is 10.0. The number of nitro benzene ring substituents is 1. The molecule has 0 aliphatic heterocycles. The van der Waals surface area contributed by atoms with E-state index in [1.807, 2.05) is 6.07 Å². The lowest BCUT2D eigenvalue weighted by Crippen LogP contribution is -2.46. The van der Waals surface area contributed by atoms with E-state index in [1.165, 1.54) is 25.3 Å². The summed E-state index contributed by atoms with van der Waals surface area (Å²) >= 11 is 0. The van der Waals surface area contributed by atoms with Crippen molar-refractivity contribution in [3.8, 4) is 5.75 Å². The molecule has 0 saturated carbocycles. The van der Waals surface area contributed by atoms with E-state index in [0.29, 0.717) is 0 Å². The molecule has 2 rings (SSSR count). The molecule has 2 amide bonds. The Labute approximate surface area is 177 Å². The average Bonchev–Trinajstić information content (AvgIpc) is 2.76. The first-order valence-corrected chi connectivity index (χ1v) is 9.08. The van der Waals surface area contributed by atoms with Gasteiger partial charge in [0.2, 0.25) is 5.91 Å². The quantitative estimate of drug-likeness (QED) is 0.378. The summed E-state index contributed by atoms with van der Waals surface area (Å²) in [6, 6.07) is 11.3. The van der Waals surface area contributed by atoms with Crippen molar-refractivity contribution >= 4 is 23.7 Å². The van der Waals surface area contributed by atoms with Gasteiger partial charge in [-0.2, -0.15) is 0 Å². The van der Waals surface area contributed by atoms with Crippen LogP contribution in [0.1, 0.15) is 11.1 Å². The van der Waals surface area contributed by atoms with E-state index in [9.17, 15) is 29.6 Å². The van der Waals surface area contributed by atoms with E-state index in [-0.39, 0.29) is 30.0 Å². The van der Waals surface area contributed by atoms with Crippen molar-refractivity contribution in [2.45, 2.75) is 19.1 Å². The Kier molecular flexibility index (Phi) is 8.31.